The lowest BCUT2D eigenvalue weighted by Crippen LogP contribution is -2.33. The lowest BCUT2D eigenvalue weighted by Gasteiger charge is -2.18. The normalized spacial score (nSPS) is 11.4. The van der Waals surface area contributed by atoms with E-state index >= 15 is 0 Å². The number of hydroxylamine groups is 2. The van der Waals surface area contributed by atoms with Crippen molar-refractivity contribution in [2.75, 3.05) is 14.2 Å². The summed E-state index contributed by atoms with van der Waals surface area (Å²) in [7, 11) is 2.47. The molecule has 0 bridgehead atoms. The Balaban J connectivity index is 2.70. The number of hydrogen-bond acceptors (Lipinski definition) is 4. The Hall–Kier alpha value is -2.68. The number of carbonyl (C=O) groups excluding carboxylic acids is 1. The van der Waals surface area contributed by atoms with Crippen LogP contribution in [-0.4, -0.2) is 34.9 Å². The van der Waals surface area contributed by atoms with Crippen LogP contribution in [0.25, 0.3) is 5.69 Å². The van der Waals surface area contributed by atoms with E-state index in [0.717, 1.165) is 21.9 Å². The van der Waals surface area contributed by atoms with Gasteiger partial charge < -0.3 is 0 Å². The Bertz CT molecular complexity index is 831. The molecule has 0 aliphatic heterocycles. The van der Waals surface area contributed by atoms with E-state index in [1.54, 1.807) is 0 Å². The molecule has 0 fully saturated rings. The van der Waals surface area contributed by atoms with Gasteiger partial charge in [-0.2, -0.15) is 18.3 Å². The van der Waals surface area contributed by atoms with Crippen molar-refractivity contribution in [1.29, 1.82) is 0 Å². The fourth-order valence-electron chi connectivity index (χ4n) is 2.07. The molecule has 0 atom stereocenters. The van der Waals surface area contributed by atoms with Crippen molar-refractivity contribution in [3.63, 3.8) is 0 Å². The zero-order valence-corrected chi connectivity index (χ0v) is 13.1. The van der Waals surface area contributed by atoms with Gasteiger partial charge in [0, 0.05) is 18.8 Å². The summed E-state index contributed by atoms with van der Waals surface area (Å²) >= 11 is 0. The van der Waals surface area contributed by atoms with E-state index in [0.29, 0.717) is 0 Å². The second-order valence-electron chi connectivity index (χ2n) is 4.91. The van der Waals surface area contributed by atoms with Crippen molar-refractivity contribution in [2.24, 2.45) is 0 Å². The number of nitrogens with zero attached hydrogens (tertiary/aromatic N) is 3. The molecular weight excluding hydrogens is 327 g/mol. The maximum absolute atomic E-state index is 13.2. The van der Waals surface area contributed by atoms with E-state index in [1.807, 2.05) is 0 Å². The van der Waals surface area contributed by atoms with Crippen LogP contribution in [0.5, 0.6) is 0 Å². The summed E-state index contributed by atoms with van der Waals surface area (Å²) in [5.74, 6) is -0.860. The summed E-state index contributed by atoms with van der Waals surface area (Å²) < 4.78 is 40.5. The molecule has 2 aromatic rings. The quantitative estimate of drug-likeness (QED) is 0.803. The van der Waals surface area contributed by atoms with Crippen molar-refractivity contribution in [1.82, 2.24) is 14.8 Å². The van der Waals surface area contributed by atoms with Crippen LogP contribution in [-0.2, 0) is 11.0 Å². The lowest BCUT2D eigenvalue weighted by molar-refractivity contribution is -0.137. The second-order valence-corrected chi connectivity index (χ2v) is 4.91. The summed E-state index contributed by atoms with van der Waals surface area (Å²) in [4.78, 5) is 28.7. The fourth-order valence-corrected chi connectivity index (χ4v) is 2.07. The van der Waals surface area contributed by atoms with Crippen molar-refractivity contribution in [3.05, 3.63) is 57.5 Å². The summed E-state index contributed by atoms with van der Waals surface area (Å²) in [5, 5.41) is 4.58. The van der Waals surface area contributed by atoms with Crippen LogP contribution in [0.4, 0.5) is 13.2 Å². The summed E-state index contributed by atoms with van der Waals surface area (Å²) in [6.07, 6.45) is -4.61. The van der Waals surface area contributed by atoms with E-state index < -0.39 is 28.8 Å². The molecule has 0 radical (unpaired) electrons. The number of aromatic nitrogens is 2. The third kappa shape index (κ3) is 3.30. The predicted molar refractivity (Wildman–Crippen MR) is 78.7 cm³/mol. The highest BCUT2D eigenvalue weighted by atomic mass is 19.4. The Kier molecular flexibility index (Phi) is 4.74. The maximum atomic E-state index is 13.2. The molecule has 1 heterocycles. The lowest BCUT2D eigenvalue weighted by atomic mass is 10.1. The highest BCUT2D eigenvalue weighted by molar-refractivity contribution is 5.91. The van der Waals surface area contributed by atoms with Crippen LogP contribution in [0.1, 0.15) is 21.7 Å². The Morgan fingerprint density at radius 2 is 1.92 bits per heavy atom. The standard InChI is InChI=1S/C15H14F3N3O3/c1-9-8-12(22)13(14(23)20(2)24-3)19-21(9)11-7-5-4-6-10(11)15(16,17)18/h4-8H,1-3H3. The predicted octanol–water partition coefficient (Wildman–Crippen LogP) is 2.19. The van der Waals surface area contributed by atoms with Crippen molar-refractivity contribution >= 4 is 5.91 Å². The van der Waals surface area contributed by atoms with E-state index in [2.05, 4.69) is 5.10 Å². The maximum Gasteiger partial charge on any atom is 0.418 e. The first kappa shape index (κ1) is 17.7. The first-order valence-electron chi connectivity index (χ1n) is 6.76. The van der Waals surface area contributed by atoms with Gasteiger partial charge in [0.05, 0.1) is 18.4 Å². The summed E-state index contributed by atoms with van der Waals surface area (Å²) in [5.41, 5.74) is -2.29. The molecule has 1 amide bonds. The monoisotopic (exact) mass is 341 g/mol. The van der Waals surface area contributed by atoms with Gasteiger partial charge >= 0.3 is 12.1 Å². The molecule has 6 nitrogen and oxygen atoms in total. The number of rotatable bonds is 3. The third-order valence-corrected chi connectivity index (χ3v) is 3.31. The van der Waals surface area contributed by atoms with Crippen LogP contribution in [0.3, 0.4) is 0 Å². The van der Waals surface area contributed by atoms with Crippen LogP contribution in [0.15, 0.2) is 35.1 Å². The molecule has 0 saturated heterocycles. The Morgan fingerprint density at radius 1 is 1.29 bits per heavy atom. The van der Waals surface area contributed by atoms with Crippen LogP contribution in [0, 0.1) is 6.92 Å². The van der Waals surface area contributed by atoms with Gasteiger partial charge in [0.2, 0.25) is 5.43 Å². The van der Waals surface area contributed by atoms with E-state index in [4.69, 9.17) is 4.84 Å². The first-order valence-corrected chi connectivity index (χ1v) is 6.76. The zero-order chi connectivity index (χ0) is 18.1. The minimum atomic E-state index is -4.61. The number of carbonyl (C=O) groups is 1. The average Bonchev–Trinajstić information content (AvgIpc) is 2.53. The molecule has 2 rings (SSSR count). The van der Waals surface area contributed by atoms with Gasteiger partial charge in [0.25, 0.3) is 0 Å². The van der Waals surface area contributed by atoms with Crippen LogP contribution < -0.4 is 5.43 Å². The van der Waals surface area contributed by atoms with Crippen LogP contribution in [0.2, 0.25) is 0 Å². The van der Waals surface area contributed by atoms with Gasteiger partial charge in [-0.3, -0.25) is 14.4 Å². The molecule has 24 heavy (non-hydrogen) atoms. The minimum Gasteiger partial charge on any atom is -0.287 e. The van der Waals surface area contributed by atoms with Gasteiger partial charge in [0.1, 0.15) is 0 Å². The number of benzene rings is 1. The van der Waals surface area contributed by atoms with E-state index in [1.165, 1.54) is 39.3 Å². The number of aryl methyl sites for hydroxylation is 1. The molecule has 0 aliphatic rings. The van der Waals surface area contributed by atoms with Gasteiger partial charge in [0.15, 0.2) is 5.69 Å². The molecule has 128 valence electrons. The molecule has 0 N–H and O–H groups in total. The largest absolute Gasteiger partial charge is 0.418 e. The minimum absolute atomic E-state index is 0.160. The molecule has 0 spiro atoms. The number of amides is 1. The number of alkyl halides is 3. The fraction of sp³-hybridized carbons (Fsp3) is 0.267. The second kappa shape index (κ2) is 6.44. The Labute approximate surface area is 135 Å². The molecule has 1 aromatic heterocycles. The molecule has 0 aliphatic carbocycles. The molecule has 0 saturated carbocycles. The van der Waals surface area contributed by atoms with Crippen molar-refractivity contribution < 1.29 is 22.8 Å². The molecular formula is C15H14F3N3O3. The van der Waals surface area contributed by atoms with Crippen molar-refractivity contribution in [2.45, 2.75) is 13.1 Å². The third-order valence-electron chi connectivity index (χ3n) is 3.31. The molecule has 1 aromatic carbocycles. The zero-order valence-electron chi connectivity index (χ0n) is 13.1. The number of hydrogen-bond donors (Lipinski definition) is 0. The van der Waals surface area contributed by atoms with Gasteiger partial charge in [-0.15, -0.1) is 0 Å². The average molecular weight is 341 g/mol. The highest BCUT2D eigenvalue weighted by Crippen LogP contribution is 2.33. The molecule has 9 heteroatoms. The Morgan fingerprint density at radius 3 is 2.50 bits per heavy atom. The highest BCUT2D eigenvalue weighted by Gasteiger charge is 2.34. The van der Waals surface area contributed by atoms with Crippen LogP contribution >= 0.6 is 0 Å². The van der Waals surface area contributed by atoms with E-state index in [9.17, 15) is 22.8 Å². The number of para-hydroxylation sites is 1. The topological polar surface area (TPSA) is 64.4 Å². The smallest absolute Gasteiger partial charge is 0.287 e. The summed E-state index contributed by atoms with van der Waals surface area (Å²) in [6.45, 7) is 1.43. The van der Waals surface area contributed by atoms with Crippen molar-refractivity contribution in [3.8, 4) is 5.69 Å². The SMILES string of the molecule is CON(C)C(=O)c1nn(-c2ccccc2C(F)(F)F)c(C)cc1=O. The van der Waals surface area contributed by atoms with Gasteiger partial charge in [-0.05, 0) is 19.1 Å². The summed E-state index contributed by atoms with van der Waals surface area (Å²) in [6, 6.07) is 5.82. The number of halogens is 3. The first-order chi connectivity index (χ1) is 11.2. The van der Waals surface area contributed by atoms with E-state index in [-0.39, 0.29) is 11.4 Å². The van der Waals surface area contributed by atoms with Gasteiger partial charge in [-0.25, -0.2) is 9.75 Å². The molecule has 0 unspecified atom stereocenters. The van der Waals surface area contributed by atoms with Gasteiger partial charge in [-0.1, -0.05) is 12.1 Å².